The molecule has 2 heterocycles. The standard InChI is InChI=1S/C14H16N4O2/c1-10-7-14(17-9-13(10)18(19)20)15-6-5-12-4-3-11(2)16-8-12/h3-4,7-9H,5-6H2,1-2H3,(H,15,17). The van der Waals surface area contributed by atoms with E-state index in [9.17, 15) is 10.1 Å². The Morgan fingerprint density at radius 2 is 2.05 bits per heavy atom. The number of hydrogen-bond acceptors (Lipinski definition) is 5. The fourth-order valence-corrected chi connectivity index (χ4v) is 1.82. The normalized spacial score (nSPS) is 10.3. The van der Waals surface area contributed by atoms with Crippen molar-refractivity contribution in [3.63, 3.8) is 0 Å². The second-order valence-corrected chi connectivity index (χ2v) is 4.60. The van der Waals surface area contributed by atoms with Crippen molar-refractivity contribution in [2.75, 3.05) is 11.9 Å². The Hall–Kier alpha value is -2.50. The Morgan fingerprint density at radius 1 is 1.25 bits per heavy atom. The quantitative estimate of drug-likeness (QED) is 0.668. The summed E-state index contributed by atoms with van der Waals surface area (Å²) in [5.41, 5.74) is 2.78. The first kappa shape index (κ1) is 13.9. The summed E-state index contributed by atoms with van der Waals surface area (Å²) in [6.45, 7) is 4.36. The molecule has 0 atom stereocenters. The van der Waals surface area contributed by atoms with Crippen LogP contribution in [-0.4, -0.2) is 21.4 Å². The zero-order valence-electron chi connectivity index (χ0n) is 11.5. The molecule has 104 valence electrons. The van der Waals surface area contributed by atoms with Crippen molar-refractivity contribution in [1.29, 1.82) is 0 Å². The molecule has 0 bridgehead atoms. The largest absolute Gasteiger partial charge is 0.370 e. The van der Waals surface area contributed by atoms with Crippen molar-refractivity contribution in [1.82, 2.24) is 9.97 Å². The number of pyridine rings is 2. The van der Waals surface area contributed by atoms with Crippen LogP contribution in [0.2, 0.25) is 0 Å². The molecule has 6 nitrogen and oxygen atoms in total. The molecular weight excluding hydrogens is 256 g/mol. The van der Waals surface area contributed by atoms with E-state index < -0.39 is 4.92 Å². The van der Waals surface area contributed by atoms with Gasteiger partial charge < -0.3 is 5.32 Å². The smallest absolute Gasteiger partial charge is 0.290 e. The molecule has 6 heteroatoms. The minimum Gasteiger partial charge on any atom is -0.370 e. The van der Waals surface area contributed by atoms with Crippen LogP contribution in [0.3, 0.4) is 0 Å². The fraction of sp³-hybridized carbons (Fsp3) is 0.286. The highest BCUT2D eigenvalue weighted by Crippen LogP contribution is 2.18. The van der Waals surface area contributed by atoms with E-state index >= 15 is 0 Å². The highest BCUT2D eigenvalue weighted by Gasteiger charge is 2.10. The van der Waals surface area contributed by atoms with Crippen molar-refractivity contribution >= 4 is 11.5 Å². The molecule has 2 aromatic heterocycles. The molecule has 0 unspecified atom stereocenters. The SMILES string of the molecule is Cc1ccc(CCNc2cc(C)c([N+](=O)[O-])cn2)cn1. The molecule has 0 aliphatic rings. The number of nitrogens with one attached hydrogen (secondary N) is 1. The van der Waals surface area contributed by atoms with E-state index in [0.29, 0.717) is 17.9 Å². The number of aromatic nitrogens is 2. The molecule has 2 aromatic rings. The van der Waals surface area contributed by atoms with E-state index in [2.05, 4.69) is 15.3 Å². The first-order valence-corrected chi connectivity index (χ1v) is 6.32. The second-order valence-electron chi connectivity index (χ2n) is 4.60. The number of nitro groups is 1. The van der Waals surface area contributed by atoms with E-state index in [0.717, 1.165) is 17.7 Å². The second kappa shape index (κ2) is 6.10. The fourth-order valence-electron chi connectivity index (χ4n) is 1.82. The number of anilines is 1. The summed E-state index contributed by atoms with van der Waals surface area (Å²) in [4.78, 5) is 18.5. The van der Waals surface area contributed by atoms with Crippen LogP contribution in [-0.2, 0) is 6.42 Å². The van der Waals surface area contributed by atoms with Crippen molar-refractivity contribution in [3.8, 4) is 0 Å². The van der Waals surface area contributed by atoms with Crippen LogP contribution >= 0.6 is 0 Å². The number of nitrogens with zero attached hydrogens (tertiary/aromatic N) is 3. The third kappa shape index (κ3) is 3.50. The maximum atomic E-state index is 10.7. The van der Waals surface area contributed by atoms with Crippen LogP contribution in [0.15, 0.2) is 30.6 Å². The van der Waals surface area contributed by atoms with Crippen LogP contribution < -0.4 is 5.32 Å². The molecular formula is C14H16N4O2. The molecule has 0 radical (unpaired) electrons. The third-order valence-electron chi connectivity index (χ3n) is 2.97. The van der Waals surface area contributed by atoms with Gasteiger partial charge in [0.15, 0.2) is 0 Å². The van der Waals surface area contributed by atoms with E-state index in [-0.39, 0.29) is 5.69 Å². The van der Waals surface area contributed by atoms with Gasteiger partial charge in [-0.25, -0.2) is 4.98 Å². The highest BCUT2D eigenvalue weighted by molar-refractivity contribution is 5.46. The molecule has 1 N–H and O–H groups in total. The monoisotopic (exact) mass is 272 g/mol. The van der Waals surface area contributed by atoms with Gasteiger partial charge in [0.2, 0.25) is 0 Å². The predicted molar refractivity (Wildman–Crippen MR) is 76.8 cm³/mol. The number of rotatable bonds is 5. The van der Waals surface area contributed by atoms with Gasteiger partial charge in [-0.15, -0.1) is 0 Å². The molecule has 2 rings (SSSR count). The lowest BCUT2D eigenvalue weighted by atomic mass is 10.2. The summed E-state index contributed by atoms with van der Waals surface area (Å²) >= 11 is 0. The van der Waals surface area contributed by atoms with Gasteiger partial charge in [0.1, 0.15) is 12.0 Å². The Balaban J connectivity index is 1.92. The van der Waals surface area contributed by atoms with Crippen LogP contribution in [0, 0.1) is 24.0 Å². The Morgan fingerprint density at radius 3 is 2.65 bits per heavy atom. The molecule has 20 heavy (non-hydrogen) atoms. The molecule has 0 aliphatic carbocycles. The van der Waals surface area contributed by atoms with Gasteiger partial charge in [-0.05, 0) is 38.0 Å². The van der Waals surface area contributed by atoms with Crippen LogP contribution in [0.4, 0.5) is 11.5 Å². The minimum absolute atomic E-state index is 0.0401. The maximum Gasteiger partial charge on any atom is 0.290 e. The van der Waals surface area contributed by atoms with Gasteiger partial charge in [-0.3, -0.25) is 15.1 Å². The topological polar surface area (TPSA) is 81.0 Å². The highest BCUT2D eigenvalue weighted by atomic mass is 16.6. The summed E-state index contributed by atoms with van der Waals surface area (Å²) < 4.78 is 0. The van der Waals surface area contributed by atoms with Crippen molar-refractivity contribution in [2.24, 2.45) is 0 Å². The lowest BCUT2D eigenvalue weighted by molar-refractivity contribution is -0.385. The summed E-state index contributed by atoms with van der Waals surface area (Å²) in [7, 11) is 0. The zero-order chi connectivity index (χ0) is 14.5. The van der Waals surface area contributed by atoms with Crippen molar-refractivity contribution in [2.45, 2.75) is 20.3 Å². The van der Waals surface area contributed by atoms with Gasteiger partial charge >= 0.3 is 0 Å². The van der Waals surface area contributed by atoms with Gasteiger partial charge in [-0.1, -0.05) is 6.07 Å². The van der Waals surface area contributed by atoms with Gasteiger partial charge in [0, 0.05) is 24.0 Å². The minimum atomic E-state index is -0.427. The molecule has 0 aromatic carbocycles. The van der Waals surface area contributed by atoms with E-state index in [1.807, 2.05) is 25.3 Å². The average molecular weight is 272 g/mol. The molecule has 0 fully saturated rings. The Labute approximate surface area is 117 Å². The van der Waals surface area contributed by atoms with E-state index in [1.54, 1.807) is 13.0 Å². The molecule has 0 saturated carbocycles. The molecule has 0 amide bonds. The number of hydrogen-bond donors (Lipinski definition) is 1. The van der Waals surface area contributed by atoms with Crippen molar-refractivity contribution in [3.05, 3.63) is 57.5 Å². The van der Waals surface area contributed by atoms with E-state index in [1.165, 1.54) is 6.20 Å². The first-order chi connectivity index (χ1) is 9.56. The average Bonchev–Trinajstić information content (AvgIpc) is 2.41. The van der Waals surface area contributed by atoms with Gasteiger partial charge in [0.25, 0.3) is 5.69 Å². The molecule has 0 saturated heterocycles. The lowest BCUT2D eigenvalue weighted by Crippen LogP contribution is -2.07. The van der Waals surface area contributed by atoms with Gasteiger partial charge in [-0.2, -0.15) is 0 Å². The number of aryl methyl sites for hydroxylation is 2. The van der Waals surface area contributed by atoms with E-state index in [4.69, 9.17) is 0 Å². The first-order valence-electron chi connectivity index (χ1n) is 6.32. The van der Waals surface area contributed by atoms with Crippen LogP contribution in [0.25, 0.3) is 0 Å². The summed E-state index contributed by atoms with van der Waals surface area (Å²) in [5.74, 6) is 0.646. The summed E-state index contributed by atoms with van der Waals surface area (Å²) in [6.07, 6.45) is 3.96. The Kier molecular flexibility index (Phi) is 4.24. The zero-order valence-corrected chi connectivity index (χ0v) is 11.5. The molecule has 0 spiro atoms. The van der Waals surface area contributed by atoms with Crippen LogP contribution in [0.5, 0.6) is 0 Å². The Bertz CT molecular complexity index is 611. The van der Waals surface area contributed by atoms with Crippen molar-refractivity contribution < 1.29 is 4.92 Å². The predicted octanol–water partition coefficient (Wildman–Crippen LogP) is 2.66. The van der Waals surface area contributed by atoms with Gasteiger partial charge in [0.05, 0.1) is 4.92 Å². The molecule has 0 aliphatic heterocycles. The summed E-state index contributed by atoms with van der Waals surface area (Å²) in [5, 5.41) is 13.9. The maximum absolute atomic E-state index is 10.7. The summed E-state index contributed by atoms with van der Waals surface area (Å²) in [6, 6.07) is 5.70. The van der Waals surface area contributed by atoms with Crippen LogP contribution in [0.1, 0.15) is 16.8 Å². The lowest BCUT2D eigenvalue weighted by Gasteiger charge is -2.06. The third-order valence-corrected chi connectivity index (χ3v) is 2.97.